The van der Waals surface area contributed by atoms with Crippen molar-refractivity contribution in [3.8, 4) is 6.19 Å². The number of carbonyl (C=O) groups is 1. The van der Waals surface area contributed by atoms with Crippen molar-refractivity contribution in [1.29, 1.82) is 5.26 Å². The van der Waals surface area contributed by atoms with Gasteiger partial charge in [0.15, 0.2) is 6.19 Å². The highest BCUT2D eigenvalue weighted by Crippen LogP contribution is 2.19. The van der Waals surface area contributed by atoms with Crippen molar-refractivity contribution >= 4 is 16.8 Å². The molecule has 2 rings (SSSR count). The Morgan fingerprint density at radius 3 is 2.94 bits per heavy atom. The molecule has 1 heterocycles. The third kappa shape index (κ3) is 2.35. The number of nitrogens with one attached hydrogen (secondary N) is 1. The van der Waals surface area contributed by atoms with Crippen LogP contribution in [-0.2, 0) is 11.2 Å². The Morgan fingerprint density at radius 1 is 1.44 bits per heavy atom. The summed E-state index contributed by atoms with van der Waals surface area (Å²) in [4.78, 5) is 16.1. The molecule has 2 aromatic rings. The summed E-state index contributed by atoms with van der Waals surface area (Å²) in [5.74, 6) is -0.120. The van der Waals surface area contributed by atoms with Gasteiger partial charge < -0.3 is 4.98 Å². The van der Waals surface area contributed by atoms with Crippen LogP contribution in [0.5, 0.6) is 0 Å². The van der Waals surface area contributed by atoms with E-state index in [1.807, 2.05) is 36.7 Å². The Hall–Kier alpha value is -2.28. The van der Waals surface area contributed by atoms with E-state index in [1.54, 1.807) is 6.92 Å². The standard InChI is InChI=1S/C14H15N3O/c1-2-17(10-15)14(18)8-7-11-9-16-13-6-4-3-5-12(11)13/h3-6,9,16H,2,7-8H2,1H3. The Labute approximate surface area is 106 Å². The highest BCUT2D eigenvalue weighted by atomic mass is 16.2. The van der Waals surface area contributed by atoms with E-state index in [1.165, 1.54) is 4.90 Å². The second-order valence-corrected chi connectivity index (χ2v) is 4.10. The number of aryl methyl sites for hydroxylation is 1. The summed E-state index contributed by atoms with van der Waals surface area (Å²) in [6.07, 6.45) is 4.84. The zero-order valence-corrected chi connectivity index (χ0v) is 10.3. The van der Waals surface area contributed by atoms with Crippen molar-refractivity contribution < 1.29 is 4.79 Å². The van der Waals surface area contributed by atoms with Gasteiger partial charge in [0.25, 0.3) is 0 Å². The van der Waals surface area contributed by atoms with Crippen molar-refractivity contribution in [3.63, 3.8) is 0 Å². The first kappa shape index (κ1) is 12.2. The van der Waals surface area contributed by atoms with Crippen LogP contribution in [0.15, 0.2) is 30.5 Å². The molecule has 0 spiro atoms. The van der Waals surface area contributed by atoms with Gasteiger partial charge >= 0.3 is 0 Å². The average molecular weight is 241 g/mol. The molecule has 1 amide bonds. The van der Waals surface area contributed by atoms with Crippen LogP contribution in [0.2, 0.25) is 0 Å². The van der Waals surface area contributed by atoms with E-state index in [9.17, 15) is 4.79 Å². The van der Waals surface area contributed by atoms with Crippen LogP contribution in [0.4, 0.5) is 0 Å². The van der Waals surface area contributed by atoms with Crippen LogP contribution in [0.25, 0.3) is 10.9 Å². The Bertz CT molecular complexity index is 594. The molecule has 92 valence electrons. The van der Waals surface area contributed by atoms with Gasteiger partial charge in [-0.25, -0.2) is 4.90 Å². The molecule has 0 radical (unpaired) electrons. The van der Waals surface area contributed by atoms with Gasteiger partial charge in [0.2, 0.25) is 5.91 Å². The van der Waals surface area contributed by atoms with Crippen molar-refractivity contribution in [2.45, 2.75) is 19.8 Å². The molecule has 0 fully saturated rings. The quantitative estimate of drug-likeness (QED) is 0.660. The summed E-state index contributed by atoms with van der Waals surface area (Å²) in [6, 6.07) is 8.00. The Morgan fingerprint density at radius 2 is 2.22 bits per heavy atom. The number of H-pyrrole nitrogens is 1. The topological polar surface area (TPSA) is 59.9 Å². The third-order valence-corrected chi connectivity index (χ3v) is 3.02. The summed E-state index contributed by atoms with van der Waals surface area (Å²) in [7, 11) is 0. The summed E-state index contributed by atoms with van der Waals surface area (Å²) in [5, 5.41) is 9.92. The monoisotopic (exact) mass is 241 g/mol. The van der Waals surface area contributed by atoms with Gasteiger partial charge in [-0.05, 0) is 25.0 Å². The van der Waals surface area contributed by atoms with Crippen molar-refractivity contribution in [2.24, 2.45) is 0 Å². The Kier molecular flexibility index (Phi) is 3.63. The number of nitriles is 1. The second-order valence-electron chi connectivity index (χ2n) is 4.10. The number of hydrogen-bond donors (Lipinski definition) is 1. The fourth-order valence-corrected chi connectivity index (χ4v) is 2.02. The second kappa shape index (κ2) is 5.37. The molecule has 0 aliphatic rings. The van der Waals surface area contributed by atoms with Crippen LogP contribution in [-0.4, -0.2) is 22.3 Å². The molecule has 0 aliphatic carbocycles. The minimum absolute atomic E-state index is 0.120. The zero-order valence-electron chi connectivity index (χ0n) is 10.3. The molecule has 0 saturated carbocycles. The first-order valence-electron chi connectivity index (χ1n) is 6.01. The predicted molar refractivity (Wildman–Crippen MR) is 69.6 cm³/mol. The van der Waals surface area contributed by atoms with Crippen LogP contribution < -0.4 is 0 Å². The molecule has 0 atom stereocenters. The summed E-state index contributed by atoms with van der Waals surface area (Å²) >= 11 is 0. The largest absolute Gasteiger partial charge is 0.361 e. The molecule has 4 heteroatoms. The predicted octanol–water partition coefficient (Wildman–Crippen LogP) is 2.43. The van der Waals surface area contributed by atoms with Gasteiger partial charge in [-0.1, -0.05) is 18.2 Å². The van der Waals surface area contributed by atoms with Crippen LogP contribution in [0.1, 0.15) is 18.9 Å². The van der Waals surface area contributed by atoms with E-state index in [0.717, 1.165) is 16.5 Å². The van der Waals surface area contributed by atoms with Gasteiger partial charge in [-0.15, -0.1) is 0 Å². The minimum atomic E-state index is -0.120. The molecule has 18 heavy (non-hydrogen) atoms. The van der Waals surface area contributed by atoms with Crippen LogP contribution >= 0.6 is 0 Å². The van der Waals surface area contributed by atoms with E-state index in [-0.39, 0.29) is 5.91 Å². The van der Waals surface area contributed by atoms with Gasteiger partial charge in [0, 0.05) is 30.1 Å². The SMILES string of the molecule is CCN(C#N)C(=O)CCc1c[nH]c2ccccc12. The lowest BCUT2D eigenvalue weighted by atomic mass is 10.1. The number of fused-ring (bicyclic) bond motifs is 1. The molecule has 1 aromatic heterocycles. The van der Waals surface area contributed by atoms with Crippen LogP contribution in [0, 0.1) is 11.5 Å². The number of para-hydroxylation sites is 1. The first-order chi connectivity index (χ1) is 8.76. The molecule has 1 aromatic carbocycles. The van der Waals surface area contributed by atoms with Crippen molar-refractivity contribution in [1.82, 2.24) is 9.88 Å². The van der Waals surface area contributed by atoms with Gasteiger partial charge in [0.05, 0.1) is 0 Å². The van der Waals surface area contributed by atoms with E-state index in [0.29, 0.717) is 19.4 Å². The maximum atomic E-state index is 11.7. The number of rotatable bonds is 4. The lowest BCUT2D eigenvalue weighted by Gasteiger charge is -2.09. The summed E-state index contributed by atoms with van der Waals surface area (Å²) in [6.45, 7) is 2.23. The summed E-state index contributed by atoms with van der Waals surface area (Å²) in [5.41, 5.74) is 2.19. The molecule has 0 unspecified atom stereocenters. The molecular formula is C14H15N3O. The van der Waals surface area contributed by atoms with E-state index >= 15 is 0 Å². The smallest absolute Gasteiger partial charge is 0.235 e. The molecule has 1 N–H and O–H groups in total. The normalized spacial score (nSPS) is 10.2. The number of hydrogen-bond acceptors (Lipinski definition) is 2. The number of aromatic amines is 1. The van der Waals surface area contributed by atoms with E-state index in [2.05, 4.69) is 4.98 Å². The van der Waals surface area contributed by atoms with Crippen molar-refractivity contribution in [2.75, 3.05) is 6.54 Å². The number of carbonyl (C=O) groups excluding carboxylic acids is 1. The third-order valence-electron chi connectivity index (χ3n) is 3.02. The van der Waals surface area contributed by atoms with Crippen LogP contribution in [0.3, 0.4) is 0 Å². The minimum Gasteiger partial charge on any atom is -0.361 e. The van der Waals surface area contributed by atoms with Crippen molar-refractivity contribution in [3.05, 3.63) is 36.0 Å². The van der Waals surface area contributed by atoms with Gasteiger partial charge in [0.1, 0.15) is 0 Å². The fourth-order valence-electron chi connectivity index (χ4n) is 2.02. The molecule has 0 saturated heterocycles. The number of nitrogens with zero attached hydrogens (tertiary/aromatic N) is 2. The van der Waals surface area contributed by atoms with E-state index < -0.39 is 0 Å². The lowest BCUT2D eigenvalue weighted by molar-refractivity contribution is -0.127. The maximum Gasteiger partial charge on any atom is 0.235 e. The molecule has 0 aliphatic heterocycles. The zero-order chi connectivity index (χ0) is 13.0. The number of benzene rings is 1. The highest BCUT2D eigenvalue weighted by molar-refractivity contribution is 5.84. The number of aromatic nitrogens is 1. The molecule has 0 bridgehead atoms. The lowest BCUT2D eigenvalue weighted by Crippen LogP contribution is -2.25. The number of amides is 1. The summed E-state index contributed by atoms with van der Waals surface area (Å²) < 4.78 is 0. The molecule has 4 nitrogen and oxygen atoms in total. The van der Waals surface area contributed by atoms with Gasteiger partial charge in [-0.3, -0.25) is 4.79 Å². The highest BCUT2D eigenvalue weighted by Gasteiger charge is 2.11. The first-order valence-corrected chi connectivity index (χ1v) is 6.01. The molecular weight excluding hydrogens is 226 g/mol. The van der Waals surface area contributed by atoms with Gasteiger partial charge in [-0.2, -0.15) is 5.26 Å². The Balaban J connectivity index is 2.07. The fraction of sp³-hybridized carbons (Fsp3) is 0.286. The van der Waals surface area contributed by atoms with E-state index in [4.69, 9.17) is 5.26 Å². The maximum absolute atomic E-state index is 11.7. The average Bonchev–Trinajstić information content (AvgIpc) is 2.81.